The minimum absolute atomic E-state index is 0.951. The molecule has 0 unspecified atom stereocenters. The second kappa shape index (κ2) is 8.60. The van der Waals surface area contributed by atoms with Gasteiger partial charge in [-0.05, 0) is 35.8 Å². The Balaban J connectivity index is 2.32. The van der Waals surface area contributed by atoms with Gasteiger partial charge in [-0.3, -0.25) is 0 Å². The summed E-state index contributed by atoms with van der Waals surface area (Å²) in [5.41, 5.74) is 7.35. The highest BCUT2D eigenvalue weighted by Crippen LogP contribution is 2.39. The largest absolute Gasteiger partial charge is 0.397 e. The van der Waals surface area contributed by atoms with Gasteiger partial charge in [-0.15, -0.1) is 23.5 Å². The summed E-state index contributed by atoms with van der Waals surface area (Å²) in [6.07, 6.45) is 4.99. The molecule has 0 bridgehead atoms. The van der Waals surface area contributed by atoms with E-state index in [1.165, 1.54) is 52.0 Å². The van der Waals surface area contributed by atoms with Crippen molar-refractivity contribution in [2.24, 2.45) is 0 Å². The van der Waals surface area contributed by atoms with Gasteiger partial charge in [0.2, 0.25) is 0 Å². The van der Waals surface area contributed by atoms with E-state index >= 15 is 0 Å². The summed E-state index contributed by atoms with van der Waals surface area (Å²) in [5, 5.41) is 2.51. The number of hydrogen-bond acceptors (Lipinski definition) is 3. The maximum atomic E-state index is 6.39. The Hall–Kier alpha value is -0.800. The third-order valence-electron chi connectivity index (χ3n) is 3.52. The van der Waals surface area contributed by atoms with Gasteiger partial charge in [0.15, 0.2) is 0 Å². The molecule has 2 aromatic carbocycles. The average molecular weight is 320 g/mol. The molecule has 2 N–H and O–H groups in total. The molecule has 0 saturated carbocycles. The third-order valence-corrected chi connectivity index (χ3v) is 5.80. The van der Waals surface area contributed by atoms with Crippen molar-refractivity contribution in [2.45, 2.75) is 49.3 Å². The molecule has 0 saturated heterocycles. The van der Waals surface area contributed by atoms with E-state index in [0.717, 1.165) is 11.4 Å². The van der Waals surface area contributed by atoms with Gasteiger partial charge in [0.1, 0.15) is 0 Å². The normalized spacial score (nSPS) is 11.1. The molecular weight excluding hydrogens is 294 g/mol. The first-order valence-corrected chi connectivity index (χ1v) is 9.81. The summed E-state index contributed by atoms with van der Waals surface area (Å²) in [6.45, 7) is 4.48. The molecule has 3 heteroatoms. The van der Waals surface area contributed by atoms with Crippen LogP contribution in [0.2, 0.25) is 0 Å². The van der Waals surface area contributed by atoms with E-state index in [2.05, 4.69) is 44.2 Å². The van der Waals surface area contributed by atoms with Gasteiger partial charge >= 0.3 is 0 Å². The molecule has 0 fully saturated rings. The van der Waals surface area contributed by atoms with Crippen LogP contribution < -0.4 is 5.73 Å². The molecule has 2 aromatic rings. The van der Waals surface area contributed by atoms with E-state index in [1.54, 1.807) is 0 Å². The Labute approximate surface area is 137 Å². The molecule has 21 heavy (non-hydrogen) atoms. The van der Waals surface area contributed by atoms with Crippen molar-refractivity contribution < 1.29 is 0 Å². The highest BCUT2D eigenvalue weighted by Gasteiger charge is 2.10. The number of unbranched alkanes of at least 4 members (excludes halogenated alkanes) is 2. The lowest BCUT2D eigenvalue weighted by Crippen LogP contribution is -1.94. The van der Waals surface area contributed by atoms with Crippen LogP contribution in [0.3, 0.4) is 0 Å². The van der Waals surface area contributed by atoms with Crippen molar-refractivity contribution in [3.63, 3.8) is 0 Å². The number of rotatable bonds is 8. The van der Waals surface area contributed by atoms with E-state index < -0.39 is 0 Å². The molecule has 0 aliphatic heterocycles. The molecule has 0 spiro atoms. The maximum Gasteiger partial charge on any atom is 0.0532 e. The number of nitrogen functional groups attached to an aromatic ring is 1. The Morgan fingerprint density at radius 1 is 0.857 bits per heavy atom. The summed E-state index contributed by atoms with van der Waals surface area (Å²) in [6, 6.07) is 10.8. The molecule has 0 heterocycles. The number of thioether (sulfide) groups is 2. The maximum absolute atomic E-state index is 6.39. The molecule has 0 aliphatic rings. The zero-order valence-electron chi connectivity index (χ0n) is 13.0. The molecule has 0 radical (unpaired) electrons. The second-order valence-electron chi connectivity index (χ2n) is 5.24. The van der Waals surface area contributed by atoms with Crippen LogP contribution in [0, 0.1) is 0 Å². The number of nitrogens with two attached hydrogens (primary N) is 1. The second-order valence-corrected chi connectivity index (χ2v) is 7.51. The highest BCUT2D eigenvalue weighted by atomic mass is 32.2. The zero-order valence-corrected chi connectivity index (χ0v) is 14.7. The molecule has 1 nitrogen and oxygen atoms in total. The smallest absolute Gasteiger partial charge is 0.0532 e. The minimum Gasteiger partial charge on any atom is -0.397 e. The standard InChI is InChI=1S/C18H25NS2/c1-3-5-11-20-16-13-17(21-12-6-4-2)18(19)15-10-8-7-9-14(15)16/h7-10,13H,3-6,11-12,19H2,1-2H3. The molecule has 0 aromatic heterocycles. The lowest BCUT2D eigenvalue weighted by molar-refractivity contribution is 0.895. The quantitative estimate of drug-likeness (QED) is 0.356. The number of fused-ring (bicyclic) bond motifs is 1. The summed E-state index contributed by atoms with van der Waals surface area (Å²) < 4.78 is 0. The van der Waals surface area contributed by atoms with Gasteiger partial charge < -0.3 is 5.73 Å². The molecular formula is C18H25NS2. The topological polar surface area (TPSA) is 26.0 Å². The van der Waals surface area contributed by atoms with E-state index in [-0.39, 0.29) is 0 Å². The van der Waals surface area contributed by atoms with Gasteiger partial charge in [0.25, 0.3) is 0 Å². The monoisotopic (exact) mass is 319 g/mol. The Morgan fingerprint density at radius 2 is 1.43 bits per heavy atom. The van der Waals surface area contributed by atoms with Crippen LogP contribution in [0.25, 0.3) is 10.8 Å². The summed E-state index contributed by atoms with van der Waals surface area (Å²) >= 11 is 3.87. The fraction of sp³-hybridized carbons (Fsp3) is 0.444. The van der Waals surface area contributed by atoms with Gasteiger partial charge in [0, 0.05) is 15.2 Å². The Morgan fingerprint density at radius 3 is 2.05 bits per heavy atom. The van der Waals surface area contributed by atoms with Crippen LogP contribution in [0.5, 0.6) is 0 Å². The summed E-state index contributed by atoms with van der Waals surface area (Å²) in [7, 11) is 0. The molecule has 0 amide bonds. The molecule has 0 aliphatic carbocycles. The van der Waals surface area contributed by atoms with E-state index in [9.17, 15) is 0 Å². The van der Waals surface area contributed by atoms with Gasteiger partial charge in [-0.1, -0.05) is 51.0 Å². The number of benzene rings is 2. The predicted octanol–water partition coefficient (Wildman–Crippen LogP) is 6.21. The van der Waals surface area contributed by atoms with Crippen LogP contribution >= 0.6 is 23.5 Å². The van der Waals surface area contributed by atoms with E-state index in [0.29, 0.717) is 0 Å². The van der Waals surface area contributed by atoms with Crippen LogP contribution in [0.15, 0.2) is 40.1 Å². The summed E-state index contributed by atoms with van der Waals surface area (Å²) in [4.78, 5) is 2.63. The van der Waals surface area contributed by atoms with Crippen LogP contribution in [-0.4, -0.2) is 11.5 Å². The fourth-order valence-electron chi connectivity index (χ4n) is 2.23. The van der Waals surface area contributed by atoms with Crippen molar-refractivity contribution >= 4 is 40.0 Å². The average Bonchev–Trinajstić information content (AvgIpc) is 2.51. The van der Waals surface area contributed by atoms with Crippen molar-refractivity contribution in [3.05, 3.63) is 30.3 Å². The van der Waals surface area contributed by atoms with Crippen molar-refractivity contribution in [1.82, 2.24) is 0 Å². The molecule has 0 atom stereocenters. The van der Waals surface area contributed by atoms with Gasteiger partial charge in [-0.25, -0.2) is 0 Å². The Kier molecular flexibility index (Phi) is 6.78. The SMILES string of the molecule is CCCCSc1cc(SCCCC)c2ccccc2c1N. The van der Waals surface area contributed by atoms with Crippen molar-refractivity contribution in [2.75, 3.05) is 17.2 Å². The first-order valence-electron chi connectivity index (χ1n) is 7.84. The third kappa shape index (κ3) is 4.33. The van der Waals surface area contributed by atoms with Crippen molar-refractivity contribution in [1.29, 1.82) is 0 Å². The molecule has 2 rings (SSSR count). The first kappa shape index (κ1) is 16.6. The summed E-state index contributed by atoms with van der Waals surface area (Å²) in [5.74, 6) is 2.33. The van der Waals surface area contributed by atoms with Gasteiger partial charge in [-0.2, -0.15) is 0 Å². The Bertz CT molecular complexity index is 581. The lowest BCUT2D eigenvalue weighted by atomic mass is 10.1. The van der Waals surface area contributed by atoms with Crippen molar-refractivity contribution in [3.8, 4) is 0 Å². The van der Waals surface area contributed by atoms with Crippen LogP contribution in [-0.2, 0) is 0 Å². The fourth-order valence-corrected chi connectivity index (χ4v) is 4.61. The molecule has 114 valence electrons. The highest BCUT2D eigenvalue weighted by molar-refractivity contribution is 8.00. The predicted molar refractivity (Wildman–Crippen MR) is 99.6 cm³/mol. The van der Waals surface area contributed by atoms with Crippen LogP contribution in [0.4, 0.5) is 5.69 Å². The van der Waals surface area contributed by atoms with Gasteiger partial charge in [0.05, 0.1) is 5.69 Å². The number of hydrogen-bond donors (Lipinski definition) is 1. The van der Waals surface area contributed by atoms with E-state index in [1.807, 2.05) is 23.5 Å². The minimum atomic E-state index is 0.951. The first-order chi connectivity index (χ1) is 10.3. The number of anilines is 1. The lowest BCUT2D eigenvalue weighted by Gasteiger charge is -2.13. The van der Waals surface area contributed by atoms with E-state index in [4.69, 9.17) is 5.73 Å². The van der Waals surface area contributed by atoms with Crippen LogP contribution in [0.1, 0.15) is 39.5 Å². The zero-order chi connectivity index (χ0) is 15.1.